The van der Waals surface area contributed by atoms with Crippen LogP contribution in [-0.2, 0) is 9.53 Å². The molecule has 1 rings (SSSR count). The van der Waals surface area contributed by atoms with Gasteiger partial charge < -0.3 is 10.1 Å². The Morgan fingerprint density at radius 2 is 2.11 bits per heavy atom. The minimum atomic E-state index is -4.49. The highest BCUT2D eigenvalue weighted by atomic mass is 19.4. The van der Waals surface area contributed by atoms with Crippen molar-refractivity contribution in [2.75, 3.05) is 11.9 Å². The Kier molecular flexibility index (Phi) is 4.66. The van der Waals surface area contributed by atoms with Crippen LogP contribution in [0.4, 0.5) is 23.2 Å². The van der Waals surface area contributed by atoms with Crippen LogP contribution in [0, 0.1) is 5.82 Å². The number of ether oxygens (including phenoxy) is 1. The van der Waals surface area contributed by atoms with Gasteiger partial charge in [0.15, 0.2) is 0 Å². The molecule has 0 aliphatic rings. The highest BCUT2D eigenvalue weighted by Crippen LogP contribution is 2.16. The van der Waals surface area contributed by atoms with E-state index in [0.717, 1.165) is 6.07 Å². The maximum absolute atomic E-state index is 12.8. The van der Waals surface area contributed by atoms with Crippen molar-refractivity contribution in [1.29, 1.82) is 0 Å². The van der Waals surface area contributed by atoms with Crippen LogP contribution in [0.2, 0.25) is 0 Å². The summed E-state index contributed by atoms with van der Waals surface area (Å²) in [6.07, 6.45) is -5.78. The van der Waals surface area contributed by atoms with E-state index >= 15 is 0 Å². The molecular formula is C11H11F4NO2. The van der Waals surface area contributed by atoms with Crippen LogP contribution in [0.3, 0.4) is 0 Å². The van der Waals surface area contributed by atoms with Gasteiger partial charge in [0.05, 0.1) is 0 Å². The van der Waals surface area contributed by atoms with Gasteiger partial charge in [0, 0.05) is 5.69 Å². The summed E-state index contributed by atoms with van der Waals surface area (Å²) in [5, 5.41) is 2.25. The first-order valence-corrected chi connectivity index (χ1v) is 5.03. The van der Waals surface area contributed by atoms with Gasteiger partial charge in [-0.15, -0.1) is 0 Å². The molecular weight excluding hydrogens is 254 g/mol. The Morgan fingerprint density at radius 1 is 1.44 bits per heavy atom. The van der Waals surface area contributed by atoms with E-state index in [0.29, 0.717) is 0 Å². The Labute approximate surface area is 101 Å². The van der Waals surface area contributed by atoms with Crippen LogP contribution >= 0.6 is 0 Å². The van der Waals surface area contributed by atoms with Gasteiger partial charge in [-0.05, 0) is 25.1 Å². The fraction of sp³-hybridized carbons (Fsp3) is 0.364. The molecule has 1 N–H and O–H groups in total. The number of nitrogens with one attached hydrogen (secondary N) is 1. The number of benzene rings is 1. The molecule has 1 amide bonds. The molecule has 0 fully saturated rings. The summed E-state index contributed by atoms with van der Waals surface area (Å²) in [5.41, 5.74) is 0.155. The number of anilines is 1. The van der Waals surface area contributed by atoms with Crippen LogP contribution in [-0.4, -0.2) is 24.8 Å². The van der Waals surface area contributed by atoms with Crippen molar-refractivity contribution in [2.45, 2.75) is 19.2 Å². The lowest BCUT2D eigenvalue weighted by Crippen LogP contribution is -2.31. The van der Waals surface area contributed by atoms with Crippen LogP contribution in [0.15, 0.2) is 24.3 Å². The Morgan fingerprint density at radius 3 is 2.67 bits per heavy atom. The van der Waals surface area contributed by atoms with E-state index in [-0.39, 0.29) is 5.69 Å². The number of hydrogen-bond acceptors (Lipinski definition) is 2. The van der Waals surface area contributed by atoms with Crippen molar-refractivity contribution in [3.8, 4) is 0 Å². The zero-order valence-electron chi connectivity index (χ0n) is 9.42. The summed E-state index contributed by atoms with van der Waals surface area (Å²) in [5.74, 6) is -1.33. The molecule has 100 valence electrons. The lowest BCUT2D eigenvalue weighted by Gasteiger charge is -2.14. The molecule has 0 radical (unpaired) electrons. The van der Waals surface area contributed by atoms with E-state index in [1.807, 2.05) is 0 Å². The van der Waals surface area contributed by atoms with Gasteiger partial charge in [0.25, 0.3) is 5.91 Å². The van der Waals surface area contributed by atoms with Crippen LogP contribution in [0.25, 0.3) is 0 Å². The second kappa shape index (κ2) is 5.81. The van der Waals surface area contributed by atoms with Crippen molar-refractivity contribution < 1.29 is 27.1 Å². The van der Waals surface area contributed by atoms with E-state index in [1.165, 1.54) is 25.1 Å². The number of halogens is 4. The predicted octanol–water partition coefficient (Wildman–Crippen LogP) is 2.73. The average molecular weight is 265 g/mol. The van der Waals surface area contributed by atoms with Crippen molar-refractivity contribution >= 4 is 11.6 Å². The zero-order valence-corrected chi connectivity index (χ0v) is 9.42. The quantitative estimate of drug-likeness (QED) is 0.850. The van der Waals surface area contributed by atoms with E-state index < -0.39 is 30.6 Å². The SMILES string of the molecule is CC(OCC(F)(F)F)C(=O)Nc1cccc(F)c1. The minimum absolute atomic E-state index is 0.155. The zero-order chi connectivity index (χ0) is 13.8. The molecule has 1 unspecified atom stereocenters. The number of carbonyl (C=O) groups excluding carboxylic acids is 1. The summed E-state index contributed by atoms with van der Waals surface area (Å²) in [4.78, 5) is 11.4. The second-order valence-electron chi connectivity index (χ2n) is 3.57. The molecule has 0 saturated carbocycles. The van der Waals surface area contributed by atoms with Crippen molar-refractivity contribution in [2.24, 2.45) is 0 Å². The first kappa shape index (κ1) is 14.4. The molecule has 1 aromatic carbocycles. The van der Waals surface area contributed by atoms with Gasteiger partial charge in [-0.1, -0.05) is 6.07 Å². The van der Waals surface area contributed by atoms with E-state index in [2.05, 4.69) is 10.1 Å². The largest absolute Gasteiger partial charge is 0.411 e. The molecule has 18 heavy (non-hydrogen) atoms. The van der Waals surface area contributed by atoms with Gasteiger partial charge in [0.2, 0.25) is 0 Å². The van der Waals surface area contributed by atoms with Crippen molar-refractivity contribution in [1.82, 2.24) is 0 Å². The molecule has 0 heterocycles. The molecule has 0 aliphatic carbocycles. The summed E-state index contributed by atoms with van der Waals surface area (Å²) in [7, 11) is 0. The Balaban J connectivity index is 2.50. The molecule has 0 bridgehead atoms. The maximum Gasteiger partial charge on any atom is 0.411 e. The third-order valence-electron chi connectivity index (χ3n) is 1.96. The van der Waals surface area contributed by atoms with Gasteiger partial charge in [-0.2, -0.15) is 13.2 Å². The van der Waals surface area contributed by atoms with Crippen molar-refractivity contribution in [3.05, 3.63) is 30.1 Å². The molecule has 0 aliphatic heterocycles. The fourth-order valence-electron chi connectivity index (χ4n) is 1.11. The van der Waals surface area contributed by atoms with Crippen LogP contribution in [0.1, 0.15) is 6.92 Å². The average Bonchev–Trinajstić information content (AvgIpc) is 2.24. The topological polar surface area (TPSA) is 38.3 Å². The van der Waals surface area contributed by atoms with Crippen LogP contribution < -0.4 is 5.32 Å². The number of rotatable bonds is 4. The minimum Gasteiger partial charge on any atom is -0.359 e. The predicted molar refractivity (Wildman–Crippen MR) is 56.5 cm³/mol. The number of hydrogen-bond donors (Lipinski definition) is 1. The van der Waals surface area contributed by atoms with Crippen LogP contribution in [0.5, 0.6) is 0 Å². The standard InChI is InChI=1S/C11H11F4NO2/c1-7(18-6-11(13,14)15)10(17)16-9-4-2-3-8(12)5-9/h2-5,7H,6H2,1H3,(H,16,17). The Bertz CT molecular complexity index is 420. The molecule has 7 heteroatoms. The lowest BCUT2D eigenvalue weighted by atomic mass is 10.3. The number of alkyl halides is 3. The third kappa shape index (κ3) is 5.13. The van der Waals surface area contributed by atoms with Gasteiger partial charge in [0.1, 0.15) is 18.5 Å². The highest BCUT2D eigenvalue weighted by Gasteiger charge is 2.29. The lowest BCUT2D eigenvalue weighted by molar-refractivity contribution is -0.184. The molecule has 1 atom stereocenters. The number of carbonyl (C=O) groups is 1. The van der Waals surface area contributed by atoms with Gasteiger partial charge >= 0.3 is 6.18 Å². The van der Waals surface area contributed by atoms with E-state index in [1.54, 1.807) is 0 Å². The van der Waals surface area contributed by atoms with E-state index in [4.69, 9.17) is 0 Å². The Hall–Kier alpha value is -1.63. The summed E-state index contributed by atoms with van der Waals surface area (Å²) < 4.78 is 52.7. The maximum atomic E-state index is 12.8. The molecule has 0 spiro atoms. The third-order valence-corrected chi connectivity index (χ3v) is 1.96. The highest BCUT2D eigenvalue weighted by molar-refractivity contribution is 5.93. The summed E-state index contributed by atoms with van der Waals surface area (Å²) in [6, 6.07) is 5.01. The number of amides is 1. The van der Waals surface area contributed by atoms with E-state index in [9.17, 15) is 22.4 Å². The summed E-state index contributed by atoms with van der Waals surface area (Å²) in [6.45, 7) is -0.328. The molecule has 0 aromatic heterocycles. The van der Waals surface area contributed by atoms with Gasteiger partial charge in [-0.25, -0.2) is 4.39 Å². The van der Waals surface area contributed by atoms with Crippen molar-refractivity contribution in [3.63, 3.8) is 0 Å². The first-order chi connectivity index (χ1) is 8.28. The normalized spacial score (nSPS) is 13.2. The fourth-order valence-corrected chi connectivity index (χ4v) is 1.11. The molecule has 0 saturated heterocycles. The summed E-state index contributed by atoms with van der Waals surface area (Å²) >= 11 is 0. The molecule has 1 aromatic rings. The van der Waals surface area contributed by atoms with Gasteiger partial charge in [-0.3, -0.25) is 4.79 Å². The smallest absolute Gasteiger partial charge is 0.359 e. The second-order valence-corrected chi connectivity index (χ2v) is 3.57. The monoisotopic (exact) mass is 265 g/mol. The first-order valence-electron chi connectivity index (χ1n) is 5.03. The molecule has 3 nitrogen and oxygen atoms in total.